The average molecular weight is 431 g/mol. The summed E-state index contributed by atoms with van der Waals surface area (Å²) in [6.45, 7) is 14.1. The predicted octanol–water partition coefficient (Wildman–Crippen LogP) is 2.17. The summed E-state index contributed by atoms with van der Waals surface area (Å²) >= 11 is 0. The van der Waals surface area contributed by atoms with Gasteiger partial charge in [0.05, 0.1) is 5.92 Å². The minimum absolute atomic E-state index is 0.0182. The Morgan fingerprint density at radius 1 is 1.23 bits per heavy atom. The number of likely N-dealkylation sites (tertiary alicyclic amines) is 1. The quantitative estimate of drug-likeness (QED) is 0.391. The summed E-state index contributed by atoms with van der Waals surface area (Å²) in [5.41, 5.74) is 7.99. The zero-order valence-corrected chi connectivity index (χ0v) is 20.0. The number of piperidine rings is 1. The van der Waals surface area contributed by atoms with Gasteiger partial charge < -0.3 is 16.4 Å². The highest BCUT2D eigenvalue weighted by Gasteiger charge is 2.23. The van der Waals surface area contributed by atoms with Crippen molar-refractivity contribution < 1.29 is 4.79 Å². The third-order valence-corrected chi connectivity index (χ3v) is 5.98. The maximum Gasteiger partial charge on any atom is 0.221 e. The molecule has 0 aliphatic carbocycles. The highest BCUT2D eigenvalue weighted by atomic mass is 16.1. The molecule has 1 unspecified atom stereocenters. The molecule has 1 heterocycles. The van der Waals surface area contributed by atoms with Gasteiger partial charge in [-0.3, -0.25) is 19.6 Å². The molecule has 4 N–H and O–H groups in total. The fraction of sp³-hybridized carbons (Fsp3) is 0.667. The van der Waals surface area contributed by atoms with E-state index >= 15 is 0 Å². The van der Waals surface area contributed by atoms with Crippen LogP contribution in [-0.2, 0) is 17.9 Å². The molecule has 31 heavy (non-hydrogen) atoms. The number of benzene rings is 1. The minimum Gasteiger partial charge on any atom is -0.369 e. The maximum atomic E-state index is 11.5. The first-order chi connectivity index (χ1) is 14.8. The van der Waals surface area contributed by atoms with Crippen LogP contribution in [0, 0.1) is 5.92 Å². The van der Waals surface area contributed by atoms with Crippen LogP contribution in [-0.4, -0.2) is 67.0 Å². The fourth-order valence-electron chi connectivity index (χ4n) is 4.35. The number of carbonyl (C=O) groups is 1. The number of hydrogen-bond donors (Lipinski definition) is 3. The van der Waals surface area contributed by atoms with E-state index in [1.165, 1.54) is 11.1 Å². The fourth-order valence-corrected chi connectivity index (χ4v) is 4.35. The second-order valence-electron chi connectivity index (χ2n) is 9.07. The monoisotopic (exact) mass is 430 g/mol. The molecule has 1 aromatic carbocycles. The summed E-state index contributed by atoms with van der Waals surface area (Å²) in [6, 6.07) is 9.66. The molecule has 0 spiro atoms. The Hall–Kier alpha value is -2.12. The normalized spacial score (nSPS) is 18.1. The minimum atomic E-state index is -0.175. The summed E-state index contributed by atoms with van der Waals surface area (Å²) < 4.78 is 0. The Labute approximate surface area is 188 Å². The van der Waals surface area contributed by atoms with Crippen LogP contribution < -0.4 is 16.4 Å². The van der Waals surface area contributed by atoms with Gasteiger partial charge in [-0.15, -0.1) is 0 Å². The third-order valence-electron chi connectivity index (χ3n) is 5.98. The van der Waals surface area contributed by atoms with Gasteiger partial charge in [0, 0.05) is 51.9 Å². The van der Waals surface area contributed by atoms with Gasteiger partial charge in [0.15, 0.2) is 5.96 Å². The lowest BCUT2D eigenvalue weighted by Gasteiger charge is -2.31. The van der Waals surface area contributed by atoms with Gasteiger partial charge in [0.2, 0.25) is 5.91 Å². The van der Waals surface area contributed by atoms with E-state index < -0.39 is 0 Å². The third kappa shape index (κ3) is 8.50. The molecular formula is C24H42N6O. The van der Waals surface area contributed by atoms with Crippen LogP contribution in [0.1, 0.15) is 51.7 Å². The van der Waals surface area contributed by atoms with Gasteiger partial charge in [0.1, 0.15) is 0 Å². The topological polar surface area (TPSA) is 86.0 Å². The molecule has 174 valence electrons. The Bertz CT molecular complexity index is 710. The molecule has 1 saturated heterocycles. The smallest absolute Gasteiger partial charge is 0.221 e. The van der Waals surface area contributed by atoms with Gasteiger partial charge in [-0.1, -0.05) is 24.3 Å². The van der Waals surface area contributed by atoms with Crippen LogP contribution in [0.5, 0.6) is 0 Å². The number of rotatable bonds is 10. The molecule has 7 heteroatoms. The van der Waals surface area contributed by atoms with Crippen molar-refractivity contribution in [1.29, 1.82) is 0 Å². The Morgan fingerprint density at radius 3 is 2.58 bits per heavy atom. The Balaban J connectivity index is 1.82. The number of aliphatic imine (C=N–C) groups is 1. The molecule has 1 aromatic rings. The highest BCUT2D eigenvalue weighted by molar-refractivity contribution is 5.79. The summed E-state index contributed by atoms with van der Waals surface area (Å²) in [7, 11) is 1.81. The molecule has 1 atom stereocenters. The lowest BCUT2D eigenvalue weighted by atomic mass is 9.97. The first-order valence-electron chi connectivity index (χ1n) is 11.6. The van der Waals surface area contributed by atoms with Crippen LogP contribution in [0.3, 0.4) is 0 Å². The second kappa shape index (κ2) is 12.7. The number of nitrogens with zero attached hydrogens (tertiary/aromatic N) is 3. The zero-order chi connectivity index (χ0) is 22.8. The van der Waals surface area contributed by atoms with Crippen LogP contribution >= 0.6 is 0 Å². The van der Waals surface area contributed by atoms with Crippen molar-refractivity contribution in [1.82, 2.24) is 20.4 Å². The second-order valence-corrected chi connectivity index (χ2v) is 9.07. The van der Waals surface area contributed by atoms with Crippen molar-refractivity contribution in [3.8, 4) is 0 Å². The van der Waals surface area contributed by atoms with Crippen LogP contribution in [0.2, 0.25) is 0 Å². The Kier molecular flexibility index (Phi) is 10.3. The van der Waals surface area contributed by atoms with Crippen LogP contribution in [0.4, 0.5) is 0 Å². The van der Waals surface area contributed by atoms with E-state index in [-0.39, 0.29) is 11.8 Å². The molecule has 0 aromatic heterocycles. The maximum absolute atomic E-state index is 11.5. The van der Waals surface area contributed by atoms with Crippen molar-refractivity contribution in [2.75, 3.05) is 33.2 Å². The van der Waals surface area contributed by atoms with Gasteiger partial charge in [-0.2, -0.15) is 0 Å². The largest absolute Gasteiger partial charge is 0.369 e. The number of primary amides is 1. The summed E-state index contributed by atoms with van der Waals surface area (Å²) in [5, 5.41) is 6.84. The first-order valence-corrected chi connectivity index (χ1v) is 11.6. The van der Waals surface area contributed by atoms with E-state index in [0.717, 1.165) is 58.1 Å². The number of hydrogen-bond acceptors (Lipinski definition) is 4. The van der Waals surface area contributed by atoms with E-state index in [0.29, 0.717) is 12.1 Å². The van der Waals surface area contributed by atoms with Crippen LogP contribution in [0.25, 0.3) is 0 Å². The molecule has 2 rings (SSSR count). The zero-order valence-electron chi connectivity index (χ0n) is 20.0. The van der Waals surface area contributed by atoms with Crippen molar-refractivity contribution in [3.05, 3.63) is 35.4 Å². The standard InChI is InChI=1S/C24H42N6O/c1-18(2)30(19(3)4)13-11-27-24(26-5)28-15-20-8-6-9-21(14-20)16-29-12-7-10-22(17-29)23(25)31/h6,8-9,14,18-19,22H,7,10-13,15-17H2,1-5H3,(H2,25,31)(H2,26,27,28). The van der Waals surface area contributed by atoms with Crippen molar-refractivity contribution in [3.63, 3.8) is 0 Å². The van der Waals surface area contributed by atoms with E-state index in [4.69, 9.17) is 5.73 Å². The van der Waals surface area contributed by atoms with E-state index in [2.05, 4.69) is 77.4 Å². The highest BCUT2D eigenvalue weighted by Crippen LogP contribution is 2.18. The molecule has 0 bridgehead atoms. The average Bonchev–Trinajstić information content (AvgIpc) is 2.73. The molecule has 1 aliphatic rings. The first kappa shape index (κ1) is 25.1. The molecular weight excluding hydrogens is 388 g/mol. The lowest BCUT2D eigenvalue weighted by Crippen LogP contribution is -2.45. The van der Waals surface area contributed by atoms with E-state index in [1.807, 2.05) is 0 Å². The number of carbonyl (C=O) groups excluding carboxylic acids is 1. The number of amides is 1. The molecule has 0 radical (unpaired) electrons. The lowest BCUT2D eigenvalue weighted by molar-refractivity contribution is -0.123. The van der Waals surface area contributed by atoms with E-state index in [9.17, 15) is 4.79 Å². The van der Waals surface area contributed by atoms with E-state index in [1.54, 1.807) is 7.05 Å². The van der Waals surface area contributed by atoms with Gasteiger partial charge in [-0.25, -0.2) is 0 Å². The van der Waals surface area contributed by atoms with Gasteiger partial charge in [-0.05, 0) is 58.2 Å². The number of nitrogens with two attached hydrogens (primary N) is 1. The molecule has 7 nitrogen and oxygen atoms in total. The number of guanidine groups is 1. The van der Waals surface area contributed by atoms with Crippen molar-refractivity contribution >= 4 is 11.9 Å². The molecule has 0 saturated carbocycles. The van der Waals surface area contributed by atoms with Gasteiger partial charge in [0.25, 0.3) is 0 Å². The van der Waals surface area contributed by atoms with Crippen molar-refractivity contribution in [2.45, 2.75) is 65.7 Å². The molecule has 1 aliphatic heterocycles. The summed E-state index contributed by atoms with van der Waals surface area (Å²) in [5.74, 6) is 0.625. The van der Waals surface area contributed by atoms with Crippen molar-refractivity contribution in [2.24, 2.45) is 16.6 Å². The number of nitrogens with one attached hydrogen (secondary N) is 2. The van der Waals surface area contributed by atoms with Gasteiger partial charge >= 0.3 is 0 Å². The Morgan fingerprint density at radius 2 is 1.94 bits per heavy atom. The SMILES string of the molecule is CN=C(NCCN(C(C)C)C(C)C)NCc1cccc(CN2CCCC(C(N)=O)C2)c1. The molecule has 1 fully saturated rings. The summed E-state index contributed by atoms with van der Waals surface area (Å²) in [6.07, 6.45) is 1.94. The van der Waals surface area contributed by atoms with Crippen LogP contribution in [0.15, 0.2) is 29.3 Å². The molecule has 1 amide bonds. The summed E-state index contributed by atoms with van der Waals surface area (Å²) in [4.78, 5) is 20.7. The predicted molar refractivity (Wildman–Crippen MR) is 129 cm³/mol.